The number of carbonyl (C=O) groups is 1. The molecular weight excluding hydrogens is 407 g/mol. The van der Waals surface area contributed by atoms with Gasteiger partial charge in [0.05, 0.1) is 12.8 Å². The lowest BCUT2D eigenvalue weighted by Gasteiger charge is -2.19. The van der Waals surface area contributed by atoms with Crippen LogP contribution < -0.4 is 10.1 Å². The molecule has 1 N–H and O–H groups in total. The molecular formula is C22H21FN2O4S. The summed E-state index contributed by atoms with van der Waals surface area (Å²) in [6, 6.07) is 18.9. The van der Waals surface area contributed by atoms with Crippen LogP contribution in [0.4, 0.5) is 10.1 Å². The Morgan fingerprint density at radius 1 is 1.03 bits per heavy atom. The fraction of sp³-hybridized carbons (Fsp3) is 0.136. The van der Waals surface area contributed by atoms with Gasteiger partial charge >= 0.3 is 0 Å². The van der Waals surface area contributed by atoms with Gasteiger partial charge in [-0.05, 0) is 35.9 Å². The third-order valence-corrected chi connectivity index (χ3v) is 6.31. The second-order valence-electron chi connectivity index (χ2n) is 6.55. The minimum absolute atomic E-state index is 0.00363. The van der Waals surface area contributed by atoms with Crippen LogP contribution in [0.2, 0.25) is 0 Å². The lowest BCUT2D eigenvalue weighted by atomic mass is 10.2. The average Bonchev–Trinajstić information content (AvgIpc) is 2.75. The van der Waals surface area contributed by atoms with Gasteiger partial charge in [0.25, 0.3) is 5.91 Å². The van der Waals surface area contributed by atoms with Crippen molar-refractivity contribution in [3.05, 3.63) is 89.7 Å². The first-order chi connectivity index (χ1) is 14.3. The summed E-state index contributed by atoms with van der Waals surface area (Å²) < 4.78 is 46.5. The Labute approximate surface area is 175 Å². The van der Waals surface area contributed by atoms with E-state index in [1.54, 1.807) is 6.07 Å². The molecule has 0 aliphatic rings. The highest BCUT2D eigenvalue weighted by molar-refractivity contribution is 7.89. The number of nitrogens with one attached hydrogen (secondary N) is 1. The number of benzene rings is 3. The van der Waals surface area contributed by atoms with Gasteiger partial charge in [0.2, 0.25) is 10.0 Å². The standard InChI is InChI=1S/C22H21FN2O4S/c1-25(15-16-8-4-3-5-9-16)30(27,28)21-14-17(12-13-20(21)29-2)22(26)24-19-11-7-6-10-18(19)23/h3-14H,15H2,1-2H3,(H,24,26). The van der Waals surface area contributed by atoms with E-state index < -0.39 is 21.7 Å². The van der Waals surface area contributed by atoms with Crippen molar-refractivity contribution >= 4 is 21.6 Å². The maximum Gasteiger partial charge on any atom is 0.255 e. The zero-order chi connectivity index (χ0) is 21.7. The number of ether oxygens (including phenoxy) is 1. The predicted molar refractivity (Wildman–Crippen MR) is 112 cm³/mol. The molecule has 0 aliphatic carbocycles. The van der Waals surface area contributed by atoms with Crippen LogP contribution in [0, 0.1) is 5.82 Å². The van der Waals surface area contributed by atoms with Crippen molar-refractivity contribution in [2.24, 2.45) is 0 Å². The number of nitrogens with zero attached hydrogens (tertiary/aromatic N) is 1. The molecule has 0 atom stereocenters. The van der Waals surface area contributed by atoms with E-state index in [9.17, 15) is 17.6 Å². The second kappa shape index (κ2) is 9.06. The van der Waals surface area contributed by atoms with Crippen LogP contribution in [0.25, 0.3) is 0 Å². The highest BCUT2D eigenvalue weighted by atomic mass is 32.2. The highest BCUT2D eigenvalue weighted by Crippen LogP contribution is 2.28. The van der Waals surface area contributed by atoms with E-state index >= 15 is 0 Å². The monoisotopic (exact) mass is 428 g/mol. The van der Waals surface area contributed by atoms with E-state index in [2.05, 4.69) is 5.32 Å². The molecule has 156 valence electrons. The minimum Gasteiger partial charge on any atom is -0.495 e. The number of carbonyl (C=O) groups excluding carboxylic acids is 1. The summed E-state index contributed by atoms with van der Waals surface area (Å²) in [5.41, 5.74) is 0.880. The van der Waals surface area contributed by atoms with Gasteiger partial charge in [-0.3, -0.25) is 4.79 Å². The number of anilines is 1. The fourth-order valence-electron chi connectivity index (χ4n) is 2.87. The van der Waals surface area contributed by atoms with E-state index in [0.29, 0.717) is 0 Å². The summed E-state index contributed by atoms with van der Waals surface area (Å²) in [4.78, 5) is 12.4. The Morgan fingerprint density at radius 3 is 2.37 bits per heavy atom. The SMILES string of the molecule is COc1ccc(C(=O)Nc2ccccc2F)cc1S(=O)(=O)N(C)Cc1ccccc1. The summed E-state index contributed by atoms with van der Waals surface area (Å²) in [6.45, 7) is 0.151. The lowest BCUT2D eigenvalue weighted by Crippen LogP contribution is -2.27. The molecule has 0 spiro atoms. The molecule has 0 saturated heterocycles. The van der Waals surface area contributed by atoms with Gasteiger partial charge in [-0.25, -0.2) is 12.8 Å². The molecule has 0 radical (unpaired) electrons. The van der Waals surface area contributed by atoms with Crippen LogP contribution in [0.5, 0.6) is 5.75 Å². The zero-order valence-corrected chi connectivity index (χ0v) is 17.3. The molecule has 0 unspecified atom stereocenters. The third-order valence-electron chi connectivity index (χ3n) is 4.48. The molecule has 0 aromatic heterocycles. The molecule has 6 nitrogen and oxygen atoms in total. The summed E-state index contributed by atoms with van der Waals surface area (Å²) in [6.07, 6.45) is 0. The summed E-state index contributed by atoms with van der Waals surface area (Å²) in [7, 11) is -1.16. The Bertz CT molecular complexity index is 1150. The summed E-state index contributed by atoms with van der Waals surface area (Å²) >= 11 is 0. The highest BCUT2D eigenvalue weighted by Gasteiger charge is 2.26. The number of halogens is 1. The van der Waals surface area contributed by atoms with Crippen LogP contribution in [0.3, 0.4) is 0 Å². The van der Waals surface area contributed by atoms with Crippen molar-refractivity contribution < 1.29 is 22.3 Å². The molecule has 3 aromatic carbocycles. The molecule has 0 fully saturated rings. The first kappa shape index (κ1) is 21.5. The van der Waals surface area contributed by atoms with E-state index in [1.165, 1.54) is 54.9 Å². The van der Waals surface area contributed by atoms with Crippen molar-refractivity contribution in [3.8, 4) is 5.75 Å². The number of para-hydroxylation sites is 1. The van der Waals surface area contributed by atoms with Gasteiger partial charge in [0.15, 0.2) is 0 Å². The first-order valence-electron chi connectivity index (χ1n) is 9.07. The number of hydrogen-bond donors (Lipinski definition) is 1. The van der Waals surface area contributed by atoms with Gasteiger partial charge < -0.3 is 10.1 Å². The van der Waals surface area contributed by atoms with Crippen LogP contribution in [0.15, 0.2) is 77.7 Å². The minimum atomic E-state index is -3.96. The topological polar surface area (TPSA) is 75.7 Å². The van der Waals surface area contributed by atoms with Crippen LogP contribution >= 0.6 is 0 Å². The van der Waals surface area contributed by atoms with E-state index in [4.69, 9.17) is 4.74 Å². The van der Waals surface area contributed by atoms with Gasteiger partial charge in [0.1, 0.15) is 16.5 Å². The maximum absolute atomic E-state index is 13.8. The van der Waals surface area contributed by atoms with Crippen molar-refractivity contribution in [2.75, 3.05) is 19.5 Å². The molecule has 8 heteroatoms. The van der Waals surface area contributed by atoms with Crippen LogP contribution in [0.1, 0.15) is 15.9 Å². The Kier molecular flexibility index (Phi) is 6.49. The Morgan fingerprint density at radius 2 is 1.70 bits per heavy atom. The molecule has 0 heterocycles. The van der Waals surface area contributed by atoms with Crippen molar-refractivity contribution in [2.45, 2.75) is 11.4 Å². The molecule has 3 aromatic rings. The summed E-state index contributed by atoms with van der Waals surface area (Å²) in [5, 5.41) is 2.45. The quantitative estimate of drug-likeness (QED) is 0.619. The number of hydrogen-bond acceptors (Lipinski definition) is 4. The smallest absolute Gasteiger partial charge is 0.255 e. The van der Waals surface area contributed by atoms with E-state index in [1.807, 2.05) is 30.3 Å². The lowest BCUT2D eigenvalue weighted by molar-refractivity contribution is 0.102. The molecule has 30 heavy (non-hydrogen) atoms. The third kappa shape index (κ3) is 4.67. The Hall–Kier alpha value is -3.23. The molecule has 0 saturated carbocycles. The Balaban J connectivity index is 1.91. The number of methoxy groups -OCH3 is 1. The summed E-state index contributed by atoms with van der Waals surface area (Å²) in [5.74, 6) is -1.11. The second-order valence-corrected chi connectivity index (χ2v) is 8.56. The molecule has 1 amide bonds. The molecule has 0 aliphatic heterocycles. The van der Waals surface area contributed by atoms with Crippen molar-refractivity contribution in [1.29, 1.82) is 0 Å². The van der Waals surface area contributed by atoms with Crippen LogP contribution in [-0.2, 0) is 16.6 Å². The van der Waals surface area contributed by atoms with Gasteiger partial charge in [-0.1, -0.05) is 42.5 Å². The van der Waals surface area contributed by atoms with Crippen LogP contribution in [-0.4, -0.2) is 32.8 Å². The normalized spacial score (nSPS) is 11.3. The number of amides is 1. The molecule has 0 bridgehead atoms. The average molecular weight is 428 g/mol. The fourth-order valence-corrected chi connectivity index (χ4v) is 4.21. The number of sulfonamides is 1. The largest absolute Gasteiger partial charge is 0.495 e. The first-order valence-corrected chi connectivity index (χ1v) is 10.5. The predicted octanol–water partition coefficient (Wildman–Crippen LogP) is 3.91. The maximum atomic E-state index is 13.8. The number of rotatable bonds is 7. The van der Waals surface area contributed by atoms with Crippen molar-refractivity contribution in [1.82, 2.24) is 4.31 Å². The van der Waals surface area contributed by atoms with Gasteiger partial charge in [-0.15, -0.1) is 0 Å². The van der Waals surface area contributed by atoms with E-state index in [-0.39, 0.29) is 28.4 Å². The molecule has 3 rings (SSSR count). The van der Waals surface area contributed by atoms with E-state index in [0.717, 1.165) is 5.56 Å². The van der Waals surface area contributed by atoms with Gasteiger partial charge in [-0.2, -0.15) is 4.31 Å². The zero-order valence-electron chi connectivity index (χ0n) is 16.5. The van der Waals surface area contributed by atoms with Gasteiger partial charge in [0, 0.05) is 19.2 Å². The van der Waals surface area contributed by atoms with Crippen molar-refractivity contribution in [3.63, 3.8) is 0 Å².